The van der Waals surface area contributed by atoms with E-state index in [1.54, 1.807) is 11.3 Å². The fourth-order valence-corrected chi connectivity index (χ4v) is 4.77. The third-order valence-electron chi connectivity index (χ3n) is 4.88. The van der Waals surface area contributed by atoms with Crippen molar-refractivity contribution in [3.63, 3.8) is 0 Å². The molecule has 0 bridgehead atoms. The van der Waals surface area contributed by atoms with Crippen molar-refractivity contribution in [3.8, 4) is 0 Å². The summed E-state index contributed by atoms with van der Waals surface area (Å²) in [6.45, 7) is 4.92. The molecule has 2 aliphatic carbocycles. The van der Waals surface area contributed by atoms with Crippen LogP contribution in [0.4, 0.5) is 5.82 Å². The average molecular weight is 359 g/mol. The Labute approximate surface area is 152 Å². The number of anilines is 1. The molecule has 2 heterocycles. The molecule has 0 aromatic carbocycles. The molecule has 1 amide bonds. The fourth-order valence-electron chi connectivity index (χ4n) is 3.49. The lowest BCUT2D eigenvalue weighted by Gasteiger charge is -2.13. The lowest BCUT2D eigenvalue weighted by molar-refractivity contribution is -0.121. The smallest absolute Gasteiger partial charge is 0.227 e. The lowest BCUT2D eigenvalue weighted by atomic mass is 9.97. The second kappa shape index (κ2) is 6.90. The quantitative estimate of drug-likeness (QED) is 0.830. The number of amides is 1. The van der Waals surface area contributed by atoms with Gasteiger partial charge in [-0.05, 0) is 63.9 Å². The number of fused-ring (bicyclic) bond motifs is 3. The van der Waals surface area contributed by atoms with Gasteiger partial charge in [-0.3, -0.25) is 4.79 Å². The first kappa shape index (κ1) is 16.8. The van der Waals surface area contributed by atoms with Gasteiger partial charge < -0.3 is 10.6 Å². The second-order valence-corrected chi connectivity index (χ2v) is 8.69. The zero-order valence-corrected chi connectivity index (χ0v) is 15.8. The summed E-state index contributed by atoms with van der Waals surface area (Å²) in [5, 5.41) is 7.71. The van der Waals surface area contributed by atoms with Crippen LogP contribution < -0.4 is 10.6 Å². The maximum Gasteiger partial charge on any atom is 0.227 e. The highest BCUT2D eigenvalue weighted by molar-refractivity contribution is 7.19. The van der Waals surface area contributed by atoms with E-state index in [0.717, 1.165) is 36.0 Å². The summed E-state index contributed by atoms with van der Waals surface area (Å²) in [6.07, 6.45) is 7.67. The molecule has 2 aromatic rings. The first-order valence-electron chi connectivity index (χ1n) is 9.44. The van der Waals surface area contributed by atoms with Crippen LogP contribution in [0.1, 0.15) is 55.8 Å². The standard InChI is InChI=1S/C19H26N4OS/c1-11(2)21-16(24)9-15-22-18(20-10-12-7-8-12)17-13-5-3-4-6-14(13)25-19(17)23-15/h11-12H,3-10H2,1-2H3,(H,21,24)(H,20,22,23). The van der Waals surface area contributed by atoms with Crippen LogP contribution in [-0.2, 0) is 24.1 Å². The Morgan fingerprint density at radius 1 is 1.24 bits per heavy atom. The third-order valence-corrected chi connectivity index (χ3v) is 6.07. The summed E-state index contributed by atoms with van der Waals surface area (Å²) in [5.74, 6) is 2.35. The molecule has 5 nitrogen and oxygen atoms in total. The summed E-state index contributed by atoms with van der Waals surface area (Å²) in [6, 6.07) is 0.137. The van der Waals surface area contributed by atoms with Crippen LogP contribution >= 0.6 is 11.3 Å². The molecule has 1 fully saturated rings. The van der Waals surface area contributed by atoms with E-state index in [1.165, 1.54) is 41.5 Å². The molecular formula is C19H26N4OS. The van der Waals surface area contributed by atoms with Crippen molar-refractivity contribution < 1.29 is 4.79 Å². The monoisotopic (exact) mass is 358 g/mol. The number of nitrogens with zero attached hydrogens (tertiary/aromatic N) is 2. The number of carbonyl (C=O) groups is 1. The first-order valence-corrected chi connectivity index (χ1v) is 10.3. The zero-order valence-electron chi connectivity index (χ0n) is 15.0. The van der Waals surface area contributed by atoms with E-state index in [2.05, 4.69) is 10.6 Å². The van der Waals surface area contributed by atoms with Crippen molar-refractivity contribution in [1.29, 1.82) is 0 Å². The number of hydrogen-bond donors (Lipinski definition) is 2. The van der Waals surface area contributed by atoms with Gasteiger partial charge in [0.2, 0.25) is 5.91 Å². The van der Waals surface area contributed by atoms with Crippen molar-refractivity contribution in [2.24, 2.45) is 5.92 Å². The first-order chi connectivity index (χ1) is 12.1. The highest BCUT2D eigenvalue weighted by Gasteiger charge is 2.24. The van der Waals surface area contributed by atoms with E-state index in [-0.39, 0.29) is 18.4 Å². The van der Waals surface area contributed by atoms with Gasteiger partial charge in [0.25, 0.3) is 0 Å². The van der Waals surface area contributed by atoms with Crippen molar-refractivity contribution >= 4 is 33.3 Å². The minimum Gasteiger partial charge on any atom is -0.369 e. The van der Waals surface area contributed by atoms with Gasteiger partial charge in [0, 0.05) is 17.5 Å². The van der Waals surface area contributed by atoms with Crippen LogP contribution in [0.2, 0.25) is 0 Å². The Balaban J connectivity index is 1.68. The zero-order chi connectivity index (χ0) is 17.4. The molecule has 0 atom stereocenters. The minimum absolute atomic E-state index is 0.0104. The van der Waals surface area contributed by atoms with E-state index < -0.39 is 0 Å². The molecule has 1 saturated carbocycles. The van der Waals surface area contributed by atoms with Crippen LogP contribution in [0.5, 0.6) is 0 Å². The highest BCUT2D eigenvalue weighted by atomic mass is 32.1. The number of aryl methyl sites for hydroxylation is 2. The maximum atomic E-state index is 12.1. The van der Waals surface area contributed by atoms with Crippen LogP contribution in [-0.4, -0.2) is 28.5 Å². The van der Waals surface area contributed by atoms with Crippen LogP contribution in [0.15, 0.2) is 0 Å². The predicted octanol–water partition coefficient (Wildman–Crippen LogP) is 3.46. The van der Waals surface area contributed by atoms with Gasteiger partial charge in [-0.25, -0.2) is 9.97 Å². The molecule has 2 aliphatic rings. The Kier molecular flexibility index (Phi) is 4.63. The molecule has 0 radical (unpaired) electrons. The molecule has 6 heteroatoms. The molecular weight excluding hydrogens is 332 g/mol. The topological polar surface area (TPSA) is 66.9 Å². The molecule has 25 heavy (non-hydrogen) atoms. The molecule has 4 rings (SSSR count). The van der Waals surface area contributed by atoms with Gasteiger partial charge >= 0.3 is 0 Å². The maximum absolute atomic E-state index is 12.1. The van der Waals surface area contributed by atoms with Crippen molar-refractivity contribution in [2.75, 3.05) is 11.9 Å². The van der Waals surface area contributed by atoms with Crippen LogP contribution in [0, 0.1) is 5.92 Å². The summed E-state index contributed by atoms with van der Waals surface area (Å²) < 4.78 is 0. The average Bonchev–Trinajstić information content (AvgIpc) is 3.30. The fraction of sp³-hybridized carbons (Fsp3) is 0.632. The highest BCUT2D eigenvalue weighted by Crippen LogP contribution is 2.39. The van der Waals surface area contributed by atoms with Crippen LogP contribution in [0.3, 0.4) is 0 Å². The Hall–Kier alpha value is -1.69. The van der Waals surface area contributed by atoms with Gasteiger partial charge in [-0.15, -0.1) is 11.3 Å². The largest absolute Gasteiger partial charge is 0.369 e. The SMILES string of the molecule is CC(C)NC(=O)Cc1nc(NCC2CC2)c2c3c(sc2n1)CCCC3. The number of aromatic nitrogens is 2. The molecule has 2 aromatic heterocycles. The number of hydrogen-bond acceptors (Lipinski definition) is 5. The lowest BCUT2D eigenvalue weighted by Crippen LogP contribution is -2.31. The summed E-state index contributed by atoms with van der Waals surface area (Å²) >= 11 is 1.80. The second-order valence-electron chi connectivity index (χ2n) is 7.60. The molecule has 0 unspecified atom stereocenters. The number of rotatable bonds is 6. The van der Waals surface area contributed by atoms with Crippen molar-refractivity contribution in [2.45, 2.75) is 64.8 Å². The summed E-state index contributed by atoms with van der Waals surface area (Å²) in [7, 11) is 0. The predicted molar refractivity (Wildman–Crippen MR) is 102 cm³/mol. The molecule has 134 valence electrons. The Bertz CT molecular complexity index is 794. The molecule has 0 spiro atoms. The van der Waals surface area contributed by atoms with E-state index >= 15 is 0 Å². The van der Waals surface area contributed by atoms with Gasteiger partial charge in [0.05, 0.1) is 11.8 Å². The van der Waals surface area contributed by atoms with Gasteiger partial charge in [-0.2, -0.15) is 0 Å². The van der Waals surface area contributed by atoms with Gasteiger partial charge in [-0.1, -0.05) is 0 Å². The minimum atomic E-state index is -0.0104. The van der Waals surface area contributed by atoms with Crippen LogP contribution in [0.25, 0.3) is 10.2 Å². The van der Waals surface area contributed by atoms with Crippen molar-refractivity contribution in [3.05, 3.63) is 16.3 Å². The number of thiophene rings is 1. The summed E-state index contributed by atoms with van der Waals surface area (Å²) in [4.78, 5) is 24.1. The van der Waals surface area contributed by atoms with Gasteiger partial charge in [0.15, 0.2) is 0 Å². The van der Waals surface area contributed by atoms with Crippen molar-refractivity contribution in [1.82, 2.24) is 15.3 Å². The van der Waals surface area contributed by atoms with E-state index in [4.69, 9.17) is 9.97 Å². The third kappa shape index (κ3) is 3.78. The molecule has 0 aliphatic heterocycles. The van der Waals surface area contributed by atoms with E-state index in [0.29, 0.717) is 5.82 Å². The van der Waals surface area contributed by atoms with E-state index in [9.17, 15) is 4.79 Å². The summed E-state index contributed by atoms with van der Waals surface area (Å²) in [5.41, 5.74) is 1.45. The Morgan fingerprint density at radius 2 is 2.04 bits per heavy atom. The van der Waals surface area contributed by atoms with E-state index in [1.807, 2.05) is 13.8 Å². The number of carbonyl (C=O) groups excluding carboxylic acids is 1. The number of nitrogens with one attached hydrogen (secondary N) is 2. The molecule has 2 N–H and O–H groups in total. The Morgan fingerprint density at radius 3 is 2.80 bits per heavy atom. The normalized spacial score (nSPS) is 16.9. The van der Waals surface area contributed by atoms with Gasteiger partial charge in [0.1, 0.15) is 16.5 Å². The molecule has 0 saturated heterocycles.